The Morgan fingerprint density at radius 1 is 1.47 bits per heavy atom. The fraction of sp³-hybridized carbons (Fsp3) is 0.818. The van der Waals surface area contributed by atoms with Gasteiger partial charge in [-0.25, -0.2) is 0 Å². The minimum absolute atomic E-state index is 0.169. The summed E-state index contributed by atoms with van der Waals surface area (Å²) in [6.07, 6.45) is 8.39. The van der Waals surface area contributed by atoms with Crippen molar-refractivity contribution in [3.8, 4) is 0 Å². The second-order valence-corrected chi connectivity index (χ2v) is 5.35. The molecule has 0 amide bonds. The Kier molecular flexibility index (Phi) is 3.70. The first-order chi connectivity index (χ1) is 7.31. The van der Waals surface area contributed by atoms with Gasteiger partial charge in [0.2, 0.25) is 0 Å². The summed E-state index contributed by atoms with van der Waals surface area (Å²) in [7, 11) is 0. The van der Waals surface area contributed by atoms with E-state index in [1.165, 1.54) is 43.6 Å². The summed E-state index contributed by atoms with van der Waals surface area (Å²) >= 11 is 1.45. The Labute approximate surface area is 95.2 Å². The van der Waals surface area contributed by atoms with E-state index in [9.17, 15) is 0 Å². The highest BCUT2D eigenvalue weighted by atomic mass is 32.1. The molecule has 3 nitrogen and oxygen atoms in total. The fourth-order valence-electron chi connectivity index (χ4n) is 2.51. The molecule has 1 atom stereocenters. The van der Waals surface area contributed by atoms with E-state index in [2.05, 4.69) is 16.5 Å². The van der Waals surface area contributed by atoms with E-state index in [4.69, 9.17) is 5.73 Å². The SMILES string of the molecule is CCC1CCC(C(N)c2cnns2)CC1. The Morgan fingerprint density at radius 3 is 2.73 bits per heavy atom. The smallest absolute Gasteiger partial charge is 0.0669 e. The molecule has 0 radical (unpaired) electrons. The molecule has 2 N–H and O–H groups in total. The molecule has 84 valence electrons. The van der Waals surface area contributed by atoms with E-state index >= 15 is 0 Å². The van der Waals surface area contributed by atoms with Crippen molar-refractivity contribution in [2.24, 2.45) is 17.6 Å². The van der Waals surface area contributed by atoms with Crippen LogP contribution in [-0.4, -0.2) is 9.59 Å². The van der Waals surface area contributed by atoms with E-state index in [1.807, 2.05) is 6.20 Å². The zero-order valence-corrected chi connectivity index (χ0v) is 10.0. The molecule has 0 aromatic carbocycles. The molecule has 1 aliphatic carbocycles. The van der Waals surface area contributed by atoms with Gasteiger partial charge in [-0.15, -0.1) is 5.10 Å². The van der Waals surface area contributed by atoms with Crippen LogP contribution >= 0.6 is 11.5 Å². The molecular formula is C11H19N3S. The molecule has 1 aromatic heterocycles. The normalized spacial score (nSPS) is 28.9. The van der Waals surface area contributed by atoms with Crippen molar-refractivity contribution < 1.29 is 0 Å². The second-order valence-electron chi connectivity index (χ2n) is 4.53. The third kappa shape index (κ3) is 2.55. The molecule has 1 aromatic rings. The van der Waals surface area contributed by atoms with Crippen LogP contribution in [-0.2, 0) is 0 Å². The molecule has 1 fully saturated rings. The largest absolute Gasteiger partial charge is 0.323 e. The predicted octanol–water partition coefficient (Wildman–Crippen LogP) is 2.75. The third-order valence-electron chi connectivity index (χ3n) is 3.68. The monoisotopic (exact) mass is 225 g/mol. The van der Waals surface area contributed by atoms with E-state index in [-0.39, 0.29) is 6.04 Å². The number of nitrogens with two attached hydrogens (primary N) is 1. The molecule has 2 rings (SSSR count). The lowest BCUT2D eigenvalue weighted by Gasteiger charge is -2.30. The lowest BCUT2D eigenvalue weighted by Crippen LogP contribution is -2.25. The molecule has 0 aliphatic heterocycles. The van der Waals surface area contributed by atoms with E-state index in [1.54, 1.807) is 0 Å². The Hall–Kier alpha value is -0.480. The van der Waals surface area contributed by atoms with Gasteiger partial charge in [-0.1, -0.05) is 30.7 Å². The maximum absolute atomic E-state index is 6.23. The van der Waals surface area contributed by atoms with Gasteiger partial charge in [0.25, 0.3) is 0 Å². The number of aromatic nitrogens is 2. The minimum Gasteiger partial charge on any atom is -0.323 e. The quantitative estimate of drug-likeness (QED) is 0.860. The Balaban J connectivity index is 1.90. The first-order valence-corrected chi connectivity index (χ1v) is 6.61. The molecule has 4 heteroatoms. The molecule has 15 heavy (non-hydrogen) atoms. The van der Waals surface area contributed by atoms with Gasteiger partial charge in [0.05, 0.1) is 11.1 Å². The van der Waals surface area contributed by atoms with Gasteiger partial charge in [-0.2, -0.15) is 0 Å². The van der Waals surface area contributed by atoms with Crippen molar-refractivity contribution in [3.63, 3.8) is 0 Å². The molecule has 0 saturated heterocycles. The fourth-order valence-corrected chi connectivity index (χ4v) is 3.11. The Bertz CT molecular complexity index is 278. The van der Waals surface area contributed by atoms with Crippen LogP contribution < -0.4 is 5.73 Å². The van der Waals surface area contributed by atoms with Crippen molar-refractivity contribution in [2.45, 2.75) is 45.1 Å². The molecular weight excluding hydrogens is 206 g/mol. The molecule has 0 spiro atoms. The lowest BCUT2D eigenvalue weighted by molar-refractivity contribution is 0.241. The van der Waals surface area contributed by atoms with Crippen LogP contribution in [0.1, 0.15) is 49.9 Å². The predicted molar refractivity (Wildman–Crippen MR) is 62.6 cm³/mol. The molecule has 1 unspecified atom stereocenters. The highest BCUT2D eigenvalue weighted by molar-refractivity contribution is 7.05. The van der Waals surface area contributed by atoms with Crippen LogP contribution in [0.25, 0.3) is 0 Å². The van der Waals surface area contributed by atoms with Gasteiger partial charge >= 0.3 is 0 Å². The van der Waals surface area contributed by atoms with Crippen LogP contribution in [0.2, 0.25) is 0 Å². The van der Waals surface area contributed by atoms with Gasteiger partial charge in [0, 0.05) is 6.04 Å². The maximum atomic E-state index is 6.23. The van der Waals surface area contributed by atoms with Crippen LogP contribution in [0.5, 0.6) is 0 Å². The van der Waals surface area contributed by atoms with Crippen LogP contribution in [0.4, 0.5) is 0 Å². The zero-order chi connectivity index (χ0) is 10.7. The van der Waals surface area contributed by atoms with Crippen molar-refractivity contribution in [1.29, 1.82) is 0 Å². The number of hydrogen-bond donors (Lipinski definition) is 1. The number of nitrogens with zero attached hydrogens (tertiary/aromatic N) is 2. The summed E-state index contributed by atoms with van der Waals surface area (Å²) < 4.78 is 3.88. The summed E-state index contributed by atoms with van der Waals surface area (Å²) in [6.45, 7) is 2.29. The highest BCUT2D eigenvalue weighted by Gasteiger charge is 2.26. The standard InChI is InChI=1S/C11H19N3S/c1-2-8-3-5-9(6-4-8)11(12)10-7-13-14-15-10/h7-9,11H,2-6,12H2,1H3. The van der Waals surface area contributed by atoms with Crippen molar-refractivity contribution in [3.05, 3.63) is 11.1 Å². The molecule has 1 saturated carbocycles. The van der Waals surface area contributed by atoms with Crippen molar-refractivity contribution in [2.75, 3.05) is 0 Å². The van der Waals surface area contributed by atoms with E-state index in [0.29, 0.717) is 5.92 Å². The van der Waals surface area contributed by atoms with Crippen LogP contribution in [0, 0.1) is 11.8 Å². The van der Waals surface area contributed by atoms with Crippen molar-refractivity contribution >= 4 is 11.5 Å². The average molecular weight is 225 g/mol. The van der Waals surface area contributed by atoms with E-state index < -0.39 is 0 Å². The van der Waals surface area contributed by atoms with Crippen LogP contribution in [0.3, 0.4) is 0 Å². The third-order valence-corrected chi connectivity index (χ3v) is 4.45. The average Bonchev–Trinajstić information content (AvgIpc) is 2.82. The minimum atomic E-state index is 0.169. The van der Waals surface area contributed by atoms with Gasteiger partial charge in [-0.3, -0.25) is 0 Å². The van der Waals surface area contributed by atoms with Gasteiger partial charge < -0.3 is 5.73 Å². The van der Waals surface area contributed by atoms with Gasteiger partial charge in [0.1, 0.15) is 0 Å². The number of hydrogen-bond acceptors (Lipinski definition) is 4. The van der Waals surface area contributed by atoms with Crippen LogP contribution in [0.15, 0.2) is 6.20 Å². The molecule has 1 heterocycles. The second kappa shape index (κ2) is 5.03. The zero-order valence-electron chi connectivity index (χ0n) is 9.22. The first-order valence-electron chi connectivity index (χ1n) is 5.84. The lowest BCUT2D eigenvalue weighted by atomic mass is 9.77. The highest BCUT2D eigenvalue weighted by Crippen LogP contribution is 2.37. The molecule has 0 bridgehead atoms. The summed E-state index contributed by atoms with van der Waals surface area (Å²) in [5.41, 5.74) is 6.23. The summed E-state index contributed by atoms with van der Waals surface area (Å²) in [5.74, 6) is 1.59. The summed E-state index contributed by atoms with van der Waals surface area (Å²) in [4.78, 5) is 1.15. The topological polar surface area (TPSA) is 51.8 Å². The maximum Gasteiger partial charge on any atom is 0.0669 e. The summed E-state index contributed by atoms with van der Waals surface area (Å²) in [5, 5.41) is 3.86. The first kappa shape index (κ1) is 11.0. The molecule has 1 aliphatic rings. The Morgan fingerprint density at radius 2 is 2.20 bits per heavy atom. The van der Waals surface area contributed by atoms with Gasteiger partial charge in [-0.05, 0) is 36.2 Å². The van der Waals surface area contributed by atoms with Crippen molar-refractivity contribution in [1.82, 2.24) is 9.59 Å². The van der Waals surface area contributed by atoms with E-state index in [0.717, 1.165) is 10.8 Å². The summed E-state index contributed by atoms with van der Waals surface area (Å²) in [6, 6.07) is 0.169. The number of rotatable bonds is 3. The van der Waals surface area contributed by atoms with Gasteiger partial charge in [0.15, 0.2) is 0 Å².